The summed E-state index contributed by atoms with van der Waals surface area (Å²) in [5.41, 5.74) is 3.17. The summed E-state index contributed by atoms with van der Waals surface area (Å²) >= 11 is 1.41. The Labute approximate surface area is 215 Å². The van der Waals surface area contributed by atoms with E-state index in [-0.39, 0.29) is 10.8 Å². The molecule has 0 spiro atoms. The Kier molecular flexibility index (Phi) is 7.00. The minimum atomic E-state index is -3.57. The molecule has 0 bridgehead atoms. The van der Waals surface area contributed by atoms with Gasteiger partial charge in [0.1, 0.15) is 0 Å². The fraction of sp³-hybridized carbons (Fsp3) is 0.214. The van der Waals surface area contributed by atoms with Crippen molar-refractivity contribution in [2.24, 2.45) is 5.92 Å². The van der Waals surface area contributed by atoms with Crippen LogP contribution in [-0.4, -0.2) is 36.7 Å². The predicted octanol–water partition coefficient (Wildman–Crippen LogP) is 6.15. The smallest absolute Gasteiger partial charge is 0.257 e. The zero-order valence-corrected chi connectivity index (χ0v) is 21.6. The van der Waals surface area contributed by atoms with Gasteiger partial charge in [0.05, 0.1) is 15.5 Å². The van der Waals surface area contributed by atoms with E-state index in [1.54, 1.807) is 16.4 Å². The Hall–Kier alpha value is -3.33. The van der Waals surface area contributed by atoms with E-state index in [2.05, 4.69) is 12.2 Å². The van der Waals surface area contributed by atoms with Crippen LogP contribution in [0.25, 0.3) is 21.7 Å². The number of nitrogens with one attached hydrogen (secondary N) is 1. The Morgan fingerprint density at radius 1 is 0.944 bits per heavy atom. The summed E-state index contributed by atoms with van der Waals surface area (Å²) in [5.74, 6) is 0.0111. The molecule has 8 heteroatoms. The van der Waals surface area contributed by atoms with Crippen molar-refractivity contribution in [2.75, 3.05) is 18.4 Å². The van der Waals surface area contributed by atoms with Crippen LogP contribution in [0.15, 0.2) is 89.8 Å². The van der Waals surface area contributed by atoms with E-state index >= 15 is 0 Å². The lowest BCUT2D eigenvalue weighted by molar-refractivity contribution is 0.102. The number of rotatable bonds is 6. The number of anilines is 1. The molecule has 1 aliphatic heterocycles. The van der Waals surface area contributed by atoms with E-state index in [1.807, 2.05) is 60.7 Å². The van der Waals surface area contributed by atoms with Gasteiger partial charge in [-0.2, -0.15) is 4.31 Å². The minimum Gasteiger partial charge on any atom is -0.298 e. The summed E-state index contributed by atoms with van der Waals surface area (Å²) in [6.07, 6.45) is 1.91. The average Bonchev–Trinajstić information content (AvgIpc) is 3.33. The molecule has 0 saturated carbocycles. The number of piperidine rings is 1. The number of carbonyl (C=O) groups excluding carboxylic acids is 1. The number of carbonyl (C=O) groups is 1. The van der Waals surface area contributed by atoms with Crippen molar-refractivity contribution in [2.45, 2.75) is 24.7 Å². The number of hydrogen-bond donors (Lipinski definition) is 1. The van der Waals surface area contributed by atoms with Crippen LogP contribution in [0, 0.1) is 5.92 Å². The molecule has 1 amide bonds. The summed E-state index contributed by atoms with van der Waals surface area (Å²) in [7, 11) is -3.57. The van der Waals surface area contributed by atoms with Crippen LogP contribution in [0.2, 0.25) is 0 Å². The van der Waals surface area contributed by atoms with Crippen LogP contribution in [-0.2, 0) is 10.0 Å². The van der Waals surface area contributed by atoms with Crippen LogP contribution >= 0.6 is 11.3 Å². The highest BCUT2D eigenvalue weighted by Crippen LogP contribution is 2.39. The van der Waals surface area contributed by atoms with E-state index in [4.69, 9.17) is 4.98 Å². The van der Waals surface area contributed by atoms with Gasteiger partial charge >= 0.3 is 0 Å². The lowest BCUT2D eigenvalue weighted by Crippen LogP contribution is -2.39. The third kappa shape index (κ3) is 5.11. The average molecular weight is 518 g/mol. The van der Waals surface area contributed by atoms with Crippen molar-refractivity contribution < 1.29 is 13.2 Å². The van der Waals surface area contributed by atoms with E-state index in [0.29, 0.717) is 29.7 Å². The van der Waals surface area contributed by atoms with Gasteiger partial charge in [0, 0.05) is 24.2 Å². The summed E-state index contributed by atoms with van der Waals surface area (Å²) in [4.78, 5) is 18.9. The van der Waals surface area contributed by atoms with E-state index < -0.39 is 10.0 Å². The zero-order valence-electron chi connectivity index (χ0n) is 19.9. The maximum Gasteiger partial charge on any atom is 0.257 e. The van der Waals surface area contributed by atoms with E-state index in [0.717, 1.165) is 34.5 Å². The van der Waals surface area contributed by atoms with Crippen LogP contribution < -0.4 is 5.32 Å². The normalized spacial score (nSPS) is 16.5. The molecule has 3 aromatic carbocycles. The first kappa shape index (κ1) is 24.4. The molecule has 2 heterocycles. The van der Waals surface area contributed by atoms with Gasteiger partial charge in [0.2, 0.25) is 10.0 Å². The first-order chi connectivity index (χ1) is 17.4. The fourth-order valence-electron chi connectivity index (χ4n) is 4.41. The van der Waals surface area contributed by atoms with Crippen molar-refractivity contribution in [3.05, 3.63) is 90.5 Å². The molecule has 5 rings (SSSR count). The van der Waals surface area contributed by atoms with Crippen molar-refractivity contribution in [1.29, 1.82) is 0 Å². The van der Waals surface area contributed by atoms with Gasteiger partial charge in [-0.1, -0.05) is 78.9 Å². The van der Waals surface area contributed by atoms with Gasteiger partial charge in [-0.05, 0) is 48.6 Å². The van der Waals surface area contributed by atoms with E-state index in [9.17, 15) is 13.2 Å². The van der Waals surface area contributed by atoms with Gasteiger partial charge in [0.25, 0.3) is 5.91 Å². The number of amides is 1. The molecule has 36 heavy (non-hydrogen) atoms. The number of thiazole rings is 1. The van der Waals surface area contributed by atoms with Crippen molar-refractivity contribution in [3.8, 4) is 21.7 Å². The molecule has 1 N–H and O–H groups in total. The van der Waals surface area contributed by atoms with Gasteiger partial charge in [-0.15, -0.1) is 0 Å². The summed E-state index contributed by atoms with van der Waals surface area (Å²) in [6.45, 7) is 3.13. The highest BCUT2D eigenvalue weighted by atomic mass is 32.2. The second-order valence-electron chi connectivity index (χ2n) is 9.02. The second kappa shape index (κ2) is 10.3. The lowest BCUT2D eigenvalue weighted by Gasteiger charge is -2.30. The summed E-state index contributed by atoms with van der Waals surface area (Å²) in [5, 5.41) is 3.38. The molecule has 1 atom stereocenters. The Balaban J connectivity index is 1.38. The molecule has 1 saturated heterocycles. The summed E-state index contributed by atoms with van der Waals surface area (Å²) in [6, 6.07) is 26.0. The Morgan fingerprint density at radius 3 is 2.22 bits per heavy atom. The van der Waals surface area contributed by atoms with Crippen molar-refractivity contribution in [3.63, 3.8) is 0 Å². The van der Waals surface area contributed by atoms with Crippen LogP contribution in [0.4, 0.5) is 5.13 Å². The summed E-state index contributed by atoms with van der Waals surface area (Å²) < 4.78 is 27.6. The van der Waals surface area contributed by atoms with Crippen molar-refractivity contribution >= 4 is 32.4 Å². The highest BCUT2D eigenvalue weighted by molar-refractivity contribution is 7.89. The van der Waals surface area contributed by atoms with Crippen LogP contribution in [0.1, 0.15) is 30.1 Å². The minimum absolute atomic E-state index is 0.208. The highest BCUT2D eigenvalue weighted by Gasteiger charge is 2.28. The molecular formula is C28H27N3O3S2. The molecule has 1 aromatic heterocycles. The number of nitrogens with zero attached hydrogens (tertiary/aromatic N) is 2. The standard InChI is InChI=1S/C28H27N3O3S2/c1-20-9-8-18-31(19-20)36(33,34)24-16-14-23(15-17-24)27(32)30-28-29-25(21-10-4-2-5-11-21)26(35-28)22-12-6-3-7-13-22/h2-7,10-17,20H,8-9,18-19H2,1H3,(H,29,30,32). The third-order valence-corrected chi connectivity index (χ3v) is 9.20. The second-order valence-corrected chi connectivity index (χ2v) is 12.0. The molecule has 0 radical (unpaired) electrons. The first-order valence-corrected chi connectivity index (χ1v) is 14.2. The number of benzene rings is 3. The Morgan fingerprint density at radius 2 is 1.58 bits per heavy atom. The number of hydrogen-bond acceptors (Lipinski definition) is 5. The molecular weight excluding hydrogens is 490 g/mol. The first-order valence-electron chi connectivity index (χ1n) is 11.9. The molecule has 6 nitrogen and oxygen atoms in total. The largest absolute Gasteiger partial charge is 0.298 e. The third-order valence-electron chi connectivity index (χ3n) is 6.30. The molecule has 4 aromatic rings. The topological polar surface area (TPSA) is 79.4 Å². The Bertz CT molecular complexity index is 1390. The number of sulfonamides is 1. The molecule has 0 aliphatic carbocycles. The monoisotopic (exact) mass is 517 g/mol. The maximum atomic E-state index is 13.0. The quantitative estimate of drug-likeness (QED) is 0.333. The zero-order chi connectivity index (χ0) is 25.1. The van der Waals surface area contributed by atoms with Gasteiger partial charge in [0.15, 0.2) is 5.13 Å². The SMILES string of the molecule is CC1CCCN(S(=O)(=O)c2ccc(C(=O)Nc3nc(-c4ccccc4)c(-c4ccccc4)s3)cc2)C1. The molecule has 1 unspecified atom stereocenters. The fourth-order valence-corrected chi connectivity index (χ4v) is 7.00. The number of aromatic nitrogens is 1. The maximum absolute atomic E-state index is 13.0. The predicted molar refractivity (Wildman–Crippen MR) is 145 cm³/mol. The van der Waals surface area contributed by atoms with E-state index in [1.165, 1.54) is 23.5 Å². The molecule has 1 fully saturated rings. The molecule has 1 aliphatic rings. The van der Waals surface area contributed by atoms with Crippen LogP contribution in [0.3, 0.4) is 0 Å². The molecule has 184 valence electrons. The lowest BCUT2D eigenvalue weighted by atomic mass is 10.0. The van der Waals surface area contributed by atoms with Gasteiger partial charge < -0.3 is 0 Å². The van der Waals surface area contributed by atoms with Crippen molar-refractivity contribution in [1.82, 2.24) is 9.29 Å². The van der Waals surface area contributed by atoms with Gasteiger partial charge in [-0.3, -0.25) is 10.1 Å². The van der Waals surface area contributed by atoms with Gasteiger partial charge in [-0.25, -0.2) is 13.4 Å². The van der Waals surface area contributed by atoms with Crippen LogP contribution in [0.5, 0.6) is 0 Å².